The van der Waals surface area contributed by atoms with Crippen LogP contribution in [0.4, 0.5) is 0 Å². The van der Waals surface area contributed by atoms with Crippen LogP contribution < -0.4 is 5.32 Å². The molecular weight excluding hydrogens is 126 g/mol. The maximum atomic E-state index is 5.56. The molecule has 1 unspecified atom stereocenters. The van der Waals surface area contributed by atoms with E-state index in [0.29, 0.717) is 0 Å². The lowest BCUT2D eigenvalue weighted by Gasteiger charge is -2.27. The van der Waals surface area contributed by atoms with Crippen LogP contribution in [-0.2, 0) is 4.74 Å². The van der Waals surface area contributed by atoms with Crippen molar-refractivity contribution in [1.82, 2.24) is 5.32 Å². The number of hydrogen-bond donors (Lipinski definition) is 1. The van der Waals surface area contributed by atoms with Crippen molar-refractivity contribution in [2.45, 2.75) is 32.8 Å². The summed E-state index contributed by atoms with van der Waals surface area (Å²) >= 11 is 0. The molecule has 62 valence electrons. The molecule has 0 aromatic carbocycles. The van der Waals surface area contributed by atoms with Gasteiger partial charge in [0.15, 0.2) is 0 Å². The zero-order valence-corrected chi connectivity index (χ0v) is 7.53. The third-order valence-corrected chi connectivity index (χ3v) is 1.79. The molecule has 0 bridgehead atoms. The van der Waals surface area contributed by atoms with Gasteiger partial charge in [-0.25, -0.2) is 0 Å². The van der Waals surface area contributed by atoms with Crippen molar-refractivity contribution in [1.29, 1.82) is 0 Å². The van der Waals surface area contributed by atoms with E-state index in [0.717, 1.165) is 19.6 Å². The lowest BCUT2D eigenvalue weighted by Crippen LogP contribution is -2.38. The van der Waals surface area contributed by atoms with Gasteiger partial charge in [-0.1, -0.05) is 6.92 Å². The SMILES string of the molecule is CCOC(C)(CC)CNC. The summed E-state index contributed by atoms with van der Waals surface area (Å²) in [5, 5.41) is 3.12. The molecule has 0 aliphatic rings. The second-order valence-electron chi connectivity index (χ2n) is 2.77. The summed E-state index contributed by atoms with van der Waals surface area (Å²) in [5.74, 6) is 0. The minimum absolute atomic E-state index is 0.0312. The van der Waals surface area contributed by atoms with E-state index in [9.17, 15) is 0 Å². The molecule has 0 radical (unpaired) electrons. The molecule has 1 N–H and O–H groups in total. The summed E-state index contributed by atoms with van der Waals surface area (Å²) in [6, 6.07) is 0. The van der Waals surface area contributed by atoms with Crippen molar-refractivity contribution in [3.8, 4) is 0 Å². The van der Waals surface area contributed by atoms with Gasteiger partial charge in [0.05, 0.1) is 5.60 Å². The summed E-state index contributed by atoms with van der Waals surface area (Å²) in [6.45, 7) is 8.03. The van der Waals surface area contributed by atoms with Crippen molar-refractivity contribution in [3.05, 3.63) is 0 Å². The molecular formula is C8H19NO. The highest BCUT2D eigenvalue weighted by atomic mass is 16.5. The molecule has 0 aliphatic carbocycles. The molecule has 0 saturated heterocycles. The minimum Gasteiger partial charge on any atom is -0.374 e. The fourth-order valence-electron chi connectivity index (χ4n) is 1.00. The standard InChI is InChI=1S/C8H19NO/c1-5-8(3,7-9-4)10-6-2/h9H,5-7H2,1-4H3. The second kappa shape index (κ2) is 4.69. The lowest BCUT2D eigenvalue weighted by molar-refractivity contribution is -0.0250. The molecule has 0 aliphatic heterocycles. The second-order valence-corrected chi connectivity index (χ2v) is 2.77. The van der Waals surface area contributed by atoms with E-state index in [1.54, 1.807) is 0 Å². The van der Waals surface area contributed by atoms with Crippen LogP contribution in [0.2, 0.25) is 0 Å². The Labute approximate surface area is 64.0 Å². The van der Waals surface area contributed by atoms with Crippen molar-refractivity contribution in [3.63, 3.8) is 0 Å². The van der Waals surface area contributed by atoms with Crippen molar-refractivity contribution in [2.24, 2.45) is 0 Å². The molecule has 0 aromatic rings. The van der Waals surface area contributed by atoms with Gasteiger partial charge in [-0.15, -0.1) is 0 Å². The van der Waals surface area contributed by atoms with Crippen LogP contribution in [-0.4, -0.2) is 25.8 Å². The van der Waals surface area contributed by atoms with Gasteiger partial charge in [-0.3, -0.25) is 0 Å². The van der Waals surface area contributed by atoms with Gasteiger partial charge in [-0.2, -0.15) is 0 Å². The quantitative estimate of drug-likeness (QED) is 0.631. The number of nitrogens with one attached hydrogen (secondary N) is 1. The molecule has 0 amide bonds. The van der Waals surface area contributed by atoms with Gasteiger partial charge < -0.3 is 10.1 Å². The third-order valence-electron chi connectivity index (χ3n) is 1.79. The van der Waals surface area contributed by atoms with E-state index >= 15 is 0 Å². The number of likely N-dealkylation sites (N-methyl/N-ethyl adjacent to an activating group) is 1. The molecule has 10 heavy (non-hydrogen) atoms. The van der Waals surface area contributed by atoms with Crippen LogP contribution in [0.15, 0.2) is 0 Å². The first kappa shape index (κ1) is 9.92. The first-order valence-corrected chi connectivity index (χ1v) is 3.97. The summed E-state index contributed by atoms with van der Waals surface area (Å²) in [4.78, 5) is 0. The smallest absolute Gasteiger partial charge is 0.0775 e. The molecule has 0 saturated carbocycles. The van der Waals surface area contributed by atoms with Gasteiger partial charge in [0.25, 0.3) is 0 Å². The van der Waals surface area contributed by atoms with Gasteiger partial charge in [-0.05, 0) is 27.3 Å². The summed E-state index contributed by atoms with van der Waals surface area (Å²) in [6.07, 6.45) is 1.06. The van der Waals surface area contributed by atoms with E-state index in [1.807, 2.05) is 14.0 Å². The fourth-order valence-corrected chi connectivity index (χ4v) is 1.00. The Morgan fingerprint density at radius 1 is 1.40 bits per heavy atom. The minimum atomic E-state index is 0.0312. The number of hydrogen-bond acceptors (Lipinski definition) is 2. The van der Waals surface area contributed by atoms with Crippen molar-refractivity contribution < 1.29 is 4.74 Å². The maximum absolute atomic E-state index is 5.56. The van der Waals surface area contributed by atoms with E-state index in [4.69, 9.17) is 4.74 Å². The Balaban J connectivity index is 3.69. The lowest BCUT2D eigenvalue weighted by atomic mass is 10.0. The van der Waals surface area contributed by atoms with E-state index in [1.165, 1.54) is 0 Å². The first-order chi connectivity index (χ1) is 4.68. The van der Waals surface area contributed by atoms with Crippen LogP contribution >= 0.6 is 0 Å². The van der Waals surface area contributed by atoms with Gasteiger partial charge >= 0.3 is 0 Å². The fraction of sp³-hybridized carbons (Fsp3) is 1.00. The van der Waals surface area contributed by atoms with Crippen LogP contribution in [0, 0.1) is 0 Å². The zero-order chi connectivity index (χ0) is 8.04. The van der Waals surface area contributed by atoms with Crippen LogP contribution in [0.1, 0.15) is 27.2 Å². The molecule has 1 atom stereocenters. The predicted octanol–water partition coefficient (Wildman–Crippen LogP) is 1.41. The van der Waals surface area contributed by atoms with Gasteiger partial charge in [0.2, 0.25) is 0 Å². The van der Waals surface area contributed by atoms with E-state index in [2.05, 4.69) is 19.2 Å². The monoisotopic (exact) mass is 145 g/mol. The average Bonchev–Trinajstić information content (AvgIpc) is 1.89. The zero-order valence-electron chi connectivity index (χ0n) is 7.53. The highest BCUT2D eigenvalue weighted by molar-refractivity contribution is 4.74. The van der Waals surface area contributed by atoms with Crippen molar-refractivity contribution in [2.75, 3.05) is 20.2 Å². The molecule has 0 spiro atoms. The van der Waals surface area contributed by atoms with Gasteiger partial charge in [0, 0.05) is 13.2 Å². The Kier molecular flexibility index (Phi) is 4.65. The van der Waals surface area contributed by atoms with Crippen LogP contribution in [0.3, 0.4) is 0 Å². The molecule has 2 heteroatoms. The Hall–Kier alpha value is -0.0800. The van der Waals surface area contributed by atoms with E-state index < -0.39 is 0 Å². The molecule has 0 heterocycles. The summed E-state index contributed by atoms with van der Waals surface area (Å²) in [7, 11) is 1.95. The highest BCUT2D eigenvalue weighted by Gasteiger charge is 2.20. The first-order valence-electron chi connectivity index (χ1n) is 3.97. The van der Waals surface area contributed by atoms with Crippen LogP contribution in [0.25, 0.3) is 0 Å². The van der Waals surface area contributed by atoms with Crippen molar-refractivity contribution >= 4 is 0 Å². The molecule has 0 rings (SSSR count). The predicted molar refractivity (Wildman–Crippen MR) is 44.2 cm³/mol. The van der Waals surface area contributed by atoms with E-state index in [-0.39, 0.29) is 5.60 Å². The Morgan fingerprint density at radius 3 is 2.30 bits per heavy atom. The third kappa shape index (κ3) is 3.18. The number of ether oxygens (including phenoxy) is 1. The Morgan fingerprint density at radius 2 is 2.00 bits per heavy atom. The average molecular weight is 145 g/mol. The van der Waals surface area contributed by atoms with Crippen LogP contribution in [0.5, 0.6) is 0 Å². The number of rotatable bonds is 5. The largest absolute Gasteiger partial charge is 0.374 e. The summed E-state index contributed by atoms with van der Waals surface area (Å²) in [5.41, 5.74) is 0.0312. The molecule has 0 fully saturated rings. The molecule has 0 aromatic heterocycles. The topological polar surface area (TPSA) is 21.3 Å². The van der Waals surface area contributed by atoms with Gasteiger partial charge in [0.1, 0.15) is 0 Å². The normalized spacial score (nSPS) is 16.8. The maximum Gasteiger partial charge on any atom is 0.0775 e. The highest BCUT2D eigenvalue weighted by Crippen LogP contribution is 2.12. The Bertz CT molecular complexity index is 77.3. The molecule has 2 nitrogen and oxygen atoms in total. The summed E-state index contributed by atoms with van der Waals surface area (Å²) < 4.78 is 5.56.